The smallest absolute Gasteiger partial charge is 0.187 e. The molecule has 9 nitrogen and oxygen atoms in total. The standard InChI is InChI=1S/C12H22O9/c1-4-7(14)10(17)11(18)12(20-4)21-6-3-19-5(2-13)8(15)9(6)16/h4-18H,2-3H2,1H3/t4-,5+,6-,7-,8+,9+,10+,11+,12-/m0/s1. The van der Waals surface area contributed by atoms with Crippen LogP contribution in [0.3, 0.4) is 0 Å². The first-order valence-electron chi connectivity index (χ1n) is 6.80. The van der Waals surface area contributed by atoms with E-state index >= 15 is 0 Å². The van der Waals surface area contributed by atoms with Crippen molar-refractivity contribution in [2.24, 2.45) is 0 Å². The van der Waals surface area contributed by atoms with Crippen molar-refractivity contribution in [2.75, 3.05) is 13.2 Å². The molecule has 0 saturated carbocycles. The average Bonchev–Trinajstić information content (AvgIpc) is 2.47. The average molecular weight is 310 g/mol. The van der Waals surface area contributed by atoms with E-state index in [1.165, 1.54) is 6.92 Å². The molecule has 9 heteroatoms. The first-order valence-corrected chi connectivity index (χ1v) is 6.80. The zero-order valence-electron chi connectivity index (χ0n) is 11.5. The third kappa shape index (κ3) is 3.36. The zero-order valence-corrected chi connectivity index (χ0v) is 11.5. The Balaban J connectivity index is 1.98. The summed E-state index contributed by atoms with van der Waals surface area (Å²) >= 11 is 0. The van der Waals surface area contributed by atoms with E-state index in [9.17, 15) is 25.5 Å². The zero-order chi connectivity index (χ0) is 15.7. The summed E-state index contributed by atoms with van der Waals surface area (Å²) in [4.78, 5) is 0. The van der Waals surface area contributed by atoms with Gasteiger partial charge in [-0.25, -0.2) is 0 Å². The number of hydrogen-bond donors (Lipinski definition) is 6. The second kappa shape index (κ2) is 6.82. The number of rotatable bonds is 3. The van der Waals surface area contributed by atoms with Gasteiger partial charge in [-0.05, 0) is 6.92 Å². The quantitative estimate of drug-likeness (QED) is 0.310. The molecule has 0 aromatic heterocycles. The Hall–Kier alpha value is -0.360. The highest BCUT2D eigenvalue weighted by molar-refractivity contribution is 4.91. The van der Waals surface area contributed by atoms with E-state index in [0.29, 0.717) is 0 Å². The van der Waals surface area contributed by atoms with Gasteiger partial charge >= 0.3 is 0 Å². The van der Waals surface area contributed by atoms with Crippen LogP contribution in [-0.4, -0.2) is 99.0 Å². The van der Waals surface area contributed by atoms with E-state index in [0.717, 1.165) is 0 Å². The molecule has 0 amide bonds. The molecule has 0 aromatic carbocycles. The van der Waals surface area contributed by atoms with Crippen molar-refractivity contribution in [3.05, 3.63) is 0 Å². The molecule has 9 atom stereocenters. The van der Waals surface area contributed by atoms with Gasteiger partial charge in [0.1, 0.15) is 42.7 Å². The van der Waals surface area contributed by atoms with Gasteiger partial charge in [0.25, 0.3) is 0 Å². The minimum Gasteiger partial charge on any atom is -0.394 e. The molecule has 124 valence electrons. The van der Waals surface area contributed by atoms with Gasteiger partial charge in [-0.15, -0.1) is 0 Å². The van der Waals surface area contributed by atoms with Crippen LogP contribution in [-0.2, 0) is 14.2 Å². The minimum atomic E-state index is -1.50. The van der Waals surface area contributed by atoms with Crippen LogP contribution in [0.25, 0.3) is 0 Å². The van der Waals surface area contributed by atoms with E-state index < -0.39 is 61.7 Å². The first kappa shape index (κ1) is 17.0. The number of hydrogen-bond acceptors (Lipinski definition) is 9. The lowest BCUT2D eigenvalue weighted by molar-refractivity contribution is -0.326. The molecule has 0 aliphatic carbocycles. The number of aliphatic hydroxyl groups excluding tert-OH is 6. The third-order valence-corrected chi connectivity index (χ3v) is 3.88. The molecule has 2 rings (SSSR count). The van der Waals surface area contributed by atoms with Crippen LogP contribution in [0.15, 0.2) is 0 Å². The highest BCUT2D eigenvalue weighted by Gasteiger charge is 2.46. The minimum absolute atomic E-state index is 0.122. The fourth-order valence-corrected chi connectivity index (χ4v) is 2.43. The fraction of sp³-hybridized carbons (Fsp3) is 1.00. The van der Waals surface area contributed by atoms with E-state index in [4.69, 9.17) is 19.3 Å². The largest absolute Gasteiger partial charge is 0.394 e. The van der Waals surface area contributed by atoms with Gasteiger partial charge in [-0.1, -0.05) is 0 Å². The van der Waals surface area contributed by atoms with Gasteiger partial charge < -0.3 is 44.8 Å². The molecule has 2 heterocycles. The van der Waals surface area contributed by atoms with Gasteiger partial charge in [0, 0.05) is 0 Å². The Morgan fingerprint density at radius 1 is 0.952 bits per heavy atom. The Kier molecular flexibility index (Phi) is 5.52. The Labute approximate surface area is 121 Å². The third-order valence-electron chi connectivity index (χ3n) is 3.88. The Bertz CT molecular complexity index is 341. The molecule has 0 unspecified atom stereocenters. The predicted octanol–water partition coefficient (Wildman–Crippen LogP) is -3.69. The first-order chi connectivity index (χ1) is 9.86. The lowest BCUT2D eigenvalue weighted by atomic mass is 9.98. The molecule has 21 heavy (non-hydrogen) atoms. The van der Waals surface area contributed by atoms with Gasteiger partial charge in [0.05, 0.1) is 19.3 Å². The summed E-state index contributed by atoms with van der Waals surface area (Å²) in [5.74, 6) is 0. The molecule has 6 N–H and O–H groups in total. The molecule has 2 aliphatic rings. The van der Waals surface area contributed by atoms with Crippen molar-refractivity contribution in [1.82, 2.24) is 0 Å². The second-order valence-corrected chi connectivity index (χ2v) is 5.39. The van der Waals surface area contributed by atoms with E-state index in [-0.39, 0.29) is 6.61 Å². The highest BCUT2D eigenvalue weighted by atomic mass is 16.7. The maximum Gasteiger partial charge on any atom is 0.187 e. The number of aliphatic hydroxyl groups is 6. The van der Waals surface area contributed by atoms with E-state index in [2.05, 4.69) is 0 Å². The summed E-state index contributed by atoms with van der Waals surface area (Å²) in [6, 6.07) is 0. The monoisotopic (exact) mass is 310 g/mol. The van der Waals surface area contributed by atoms with Crippen molar-refractivity contribution < 1.29 is 44.8 Å². The fourth-order valence-electron chi connectivity index (χ4n) is 2.43. The van der Waals surface area contributed by atoms with Crippen LogP contribution in [0.1, 0.15) is 6.92 Å². The summed E-state index contributed by atoms with van der Waals surface area (Å²) in [6.45, 7) is 0.930. The molecule has 0 aromatic rings. The maximum atomic E-state index is 9.92. The van der Waals surface area contributed by atoms with Crippen molar-refractivity contribution in [2.45, 2.75) is 62.0 Å². The Morgan fingerprint density at radius 3 is 2.24 bits per heavy atom. The van der Waals surface area contributed by atoms with Crippen LogP contribution in [0.4, 0.5) is 0 Å². The van der Waals surface area contributed by atoms with Crippen LogP contribution in [0, 0.1) is 0 Å². The van der Waals surface area contributed by atoms with Gasteiger partial charge in [-0.2, -0.15) is 0 Å². The normalized spacial score (nSPS) is 51.9. The molecule has 0 radical (unpaired) electrons. The summed E-state index contributed by atoms with van der Waals surface area (Å²) in [6.07, 6.45) is -10.9. The van der Waals surface area contributed by atoms with Crippen molar-refractivity contribution in [1.29, 1.82) is 0 Å². The van der Waals surface area contributed by atoms with Crippen molar-refractivity contribution in [3.63, 3.8) is 0 Å². The number of ether oxygens (including phenoxy) is 3. The van der Waals surface area contributed by atoms with Crippen LogP contribution in [0.2, 0.25) is 0 Å². The van der Waals surface area contributed by atoms with Crippen LogP contribution < -0.4 is 0 Å². The molecule has 2 fully saturated rings. The summed E-state index contributed by atoms with van der Waals surface area (Å²) < 4.78 is 15.7. The van der Waals surface area contributed by atoms with E-state index in [1.54, 1.807) is 0 Å². The topological polar surface area (TPSA) is 149 Å². The Morgan fingerprint density at radius 2 is 1.62 bits per heavy atom. The van der Waals surface area contributed by atoms with Gasteiger partial charge in [0.2, 0.25) is 0 Å². The molecular formula is C12H22O9. The predicted molar refractivity (Wildman–Crippen MR) is 66.1 cm³/mol. The van der Waals surface area contributed by atoms with Gasteiger partial charge in [0.15, 0.2) is 6.29 Å². The SMILES string of the molecule is C[C@@H]1O[C@@H](O[C@H]2CO[C@H](CO)[C@@H](O)[C@@H]2O)[C@H](O)[C@H](O)[C@H]1O. The second-order valence-electron chi connectivity index (χ2n) is 5.39. The van der Waals surface area contributed by atoms with Crippen LogP contribution >= 0.6 is 0 Å². The molecule has 0 spiro atoms. The molecule has 2 saturated heterocycles. The summed E-state index contributed by atoms with van der Waals surface area (Å²) in [5, 5.41) is 57.7. The van der Waals surface area contributed by atoms with E-state index in [1.807, 2.05) is 0 Å². The van der Waals surface area contributed by atoms with Crippen LogP contribution in [0.5, 0.6) is 0 Å². The van der Waals surface area contributed by atoms with Gasteiger partial charge in [-0.3, -0.25) is 0 Å². The molecule has 0 bridgehead atoms. The molecule has 2 aliphatic heterocycles. The molecular weight excluding hydrogens is 288 g/mol. The highest BCUT2D eigenvalue weighted by Crippen LogP contribution is 2.26. The van der Waals surface area contributed by atoms with Crippen molar-refractivity contribution in [3.8, 4) is 0 Å². The lowest BCUT2D eigenvalue weighted by Gasteiger charge is -2.43. The lowest BCUT2D eigenvalue weighted by Crippen LogP contribution is -2.61. The maximum absolute atomic E-state index is 9.92. The summed E-state index contributed by atoms with van der Waals surface area (Å²) in [7, 11) is 0. The van der Waals surface area contributed by atoms with Crippen molar-refractivity contribution >= 4 is 0 Å². The summed E-state index contributed by atoms with van der Waals surface area (Å²) in [5.41, 5.74) is 0.